The molecule has 1 aliphatic heterocycles. The molecule has 1 aromatic rings. The number of hydrogen-bond donors (Lipinski definition) is 1. The zero-order chi connectivity index (χ0) is 9.26. The van der Waals surface area contributed by atoms with Crippen LogP contribution in [0.3, 0.4) is 0 Å². The number of nitrogens with zero attached hydrogens (tertiary/aromatic N) is 1. The van der Waals surface area contributed by atoms with Gasteiger partial charge in [0.1, 0.15) is 0 Å². The molecule has 0 saturated carbocycles. The van der Waals surface area contributed by atoms with Gasteiger partial charge in [-0.3, -0.25) is 4.79 Å². The Balaban J connectivity index is 2.06. The number of hydrogen-bond acceptors (Lipinski definition) is 2. The number of carbonyl (C=O) groups excluding carboxylic acids is 1. The molecule has 0 unspecified atom stereocenters. The van der Waals surface area contributed by atoms with Gasteiger partial charge in [-0.05, 0) is 12.1 Å². The van der Waals surface area contributed by atoms with Gasteiger partial charge >= 0.3 is 0 Å². The molecule has 0 atom stereocenters. The minimum atomic E-state index is 0.117. The number of rotatable bonds is 1. The second-order valence-electron chi connectivity index (χ2n) is 3.23. The molecule has 1 aliphatic rings. The van der Waals surface area contributed by atoms with Crippen molar-refractivity contribution in [2.75, 3.05) is 13.1 Å². The van der Waals surface area contributed by atoms with E-state index < -0.39 is 0 Å². The Labute approximate surface area is 83.0 Å². The molecule has 2 nitrogen and oxygen atoms in total. The molecule has 68 valence electrons. The summed E-state index contributed by atoms with van der Waals surface area (Å²) in [7, 11) is 0. The molecule has 0 spiro atoms. The molecule has 1 amide bonds. The van der Waals surface area contributed by atoms with Crippen LogP contribution in [0.2, 0.25) is 0 Å². The molecule has 3 heteroatoms. The van der Waals surface area contributed by atoms with E-state index in [2.05, 4.69) is 12.6 Å². The summed E-state index contributed by atoms with van der Waals surface area (Å²) in [5.41, 5.74) is 0.766. The van der Waals surface area contributed by atoms with Crippen LogP contribution in [0, 0.1) is 0 Å². The second-order valence-corrected chi connectivity index (χ2v) is 3.96. The Kier molecular flexibility index (Phi) is 2.27. The predicted octanol–water partition coefficient (Wildman–Crippen LogP) is 1.44. The number of amides is 1. The number of thiol groups is 1. The quantitative estimate of drug-likeness (QED) is 0.669. The zero-order valence-corrected chi connectivity index (χ0v) is 8.08. The molecule has 0 radical (unpaired) electrons. The molecular weight excluding hydrogens is 182 g/mol. The van der Waals surface area contributed by atoms with Crippen molar-refractivity contribution in [2.24, 2.45) is 0 Å². The summed E-state index contributed by atoms with van der Waals surface area (Å²) < 4.78 is 0. The lowest BCUT2D eigenvalue weighted by molar-refractivity contribution is 0.0665. The minimum Gasteiger partial charge on any atom is -0.336 e. The van der Waals surface area contributed by atoms with Crippen molar-refractivity contribution in [3.63, 3.8) is 0 Å². The Hall–Kier alpha value is -0.960. The molecule has 0 aromatic heterocycles. The second kappa shape index (κ2) is 3.42. The van der Waals surface area contributed by atoms with E-state index in [9.17, 15) is 4.79 Å². The van der Waals surface area contributed by atoms with Gasteiger partial charge in [0.25, 0.3) is 5.91 Å². The maximum Gasteiger partial charge on any atom is 0.253 e. The van der Waals surface area contributed by atoms with Crippen LogP contribution >= 0.6 is 12.6 Å². The SMILES string of the molecule is O=C(c1ccccc1)N1CC(S)C1. The summed E-state index contributed by atoms with van der Waals surface area (Å²) in [4.78, 5) is 13.5. The third-order valence-electron chi connectivity index (χ3n) is 2.17. The normalized spacial score (nSPS) is 16.8. The summed E-state index contributed by atoms with van der Waals surface area (Å²) >= 11 is 4.26. The summed E-state index contributed by atoms with van der Waals surface area (Å²) in [5.74, 6) is 0.117. The van der Waals surface area contributed by atoms with E-state index in [1.165, 1.54) is 0 Å². The van der Waals surface area contributed by atoms with E-state index in [0.717, 1.165) is 18.7 Å². The first-order valence-corrected chi connectivity index (χ1v) is 4.81. The highest BCUT2D eigenvalue weighted by atomic mass is 32.1. The van der Waals surface area contributed by atoms with Crippen LogP contribution in [0.25, 0.3) is 0 Å². The van der Waals surface area contributed by atoms with Crippen molar-refractivity contribution in [1.29, 1.82) is 0 Å². The maximum atomic E-state index is 11.7. The molecule has 1 fully saturated rings. The van der Waals surface area contributed by atoms with E-state index in [1.807, 2.05) is 35.2 Å². The summed E-state index contributed by atoms with van der Waals surface area (Å²) in [6, 6.07) is 9.35. The van der Waals surface area contributed by atoms with Gasteiger partial charge in [0.05, 0.1) is 0 Å². The van der Waals surface area contributed by atoms with Crippen LogP contribution in [0.4, 0.5) is 0 Å². The Morgan fingerprint density at radius 2 is 1.92 bits per heavy atom. The lowest BCUT2D eigenvalue weighted by atomic mass is 10.1. The molecule has 1 heterocycles. The minimum absolute atomic E-state index is 0.117. The largest absolute Gasteiger partial charge is 0.336 e. The fraction of sp³-hybridized carbons (Fsp3) is 0.300. The lowest BCUT2D eigenvalue weighted by Crippen LogP contribution is -2.50. The van der Waals surface area contributed by atoms with Crippen molar-refractivity contribution in [2.45, 2.75) is 5.25 Å². The van der Waals surface area contributed by atoms with Crippen LogP contribution in [0.5, 0.6) is 0 Å². The average Bonchev–Trinajstić information content (AvgIpc) is 2.13. The van der Waals surface area contributed by atoms with Crippen molar-refractivity contribution in [3.8, 4) is 0 Å². The van der Waals surface area contributed by atoms with Crippen molar-refractivity contribution >= 4 is 18.5 Å². The van der Waals surface area contributed by atoms with Crippen molar-refractivity contribution in [3.05, 3.63) is 35.9 Å². The maximum absolute atomic E-state index is 11.7. The third-order valence-corrected chi connectivity index (χ3v) is 2.50. The highest BCUT2D eigenvalue weighted by Crippen LogP contribution is 2.16. The van der Waals surface area contributed by atoms with E-state index >= 15 is 0 Å². The van der Waals surface area contributed by atoms with Crippen LogP contribution < -0.4 is 0 Å². The standard InChI is InChI=1S/C10H11NOS/c12-10(11-6-9(13)7-11)8-4-2-1-3-5-8/h1-5,9,13H,6-7H2. The van der Waals surface area contributed by atoms with Gasteiger partial charge in [0, 0.05) is 23.9 Å². The summed E-state index contributed by atoms with van der Waals surface area (Å²) in [6.45, 7) is 1.55. The van der Waals surface area contributed by atoms with Gasteiger partial charge in [-0.25, -0.2) is 0 Å². The fourth-order valence-corrected chi connectivity index (χ4v) is 1.78. The van der Waals surface area contributed by atoms with Crippen LogP contribution in [0.1, 0.15) is 10.4 Å². The molecule has 1 saturated heterocycles. The first kappa shape index (κ1) is 8.63. The van der Waals surface area contributed by atoms with E-state index in [4.69, 9.17) is 0 Å². The molecule has 2 rings (SSSR count). The van der Waals surface area contributed by atoms with Crippen molar-refractivity contribution < 1.29 is 4.79 Å². The number of carbonyl (C=O) groups is 1. The topological polar surface area (TPSA) is 20.3 Å². The molecule has 0 bridgehead atoms. The van der Waals surface area contributed by atoms with Gasteiger partial charge in [0.15, 0.2) is 0 Å². The molecule has 0 aliphatic carbocycles. The molecular formula is C10H11NOS. The smallest absolute Gasteiger partial charge is 0.253 e. The van der Waals surface area contributed by atoms with Gasteiger partial charge in [0.2, 0.25) is 0 Å². The monoisotopic (exact) mass is 193 g/mol. The Morgan fingerprint density at radius 3 is 2.46 bits per heavy atom. The van der Waals surface area contributed by atoms with E-state index in [1.54, 1.807) is 0 Å². The fourth-order valence-electron chi connectivity index (χ4n) is 1.38. The van der Waals surface area contributed by atoms with Crippen LogP contribution in [0.15, 0.2) is 30.3 Å². The third kappa shape index (κ3) is 1.70. The molecule has 1 aromatic carbocycles. The van der Waals surface area contributed by atoms with Crippen LogP contribution in [-0.2, 0) is 0 Å². The van der Waals surface area contributed by atoms with Gasteiger partial charge in [-0.2, -0.15) is 12.6 Å². The van der Waals surface area contributed by atoms with E-state index in [0.29, 0.717) is 5.25 Å². The number of benzene rings is 1. The summed E-state index contributed by atoms with van der Waals surface area (Å²) in [6.07, 6.45) is 0. The number of likely N-dealkylation sites (tertiary alicyclic amines) is 1. The van der Waals surface area contributed by atoms with E-state index in [-0.39, 0.29) is 5.91 Å². The zero-order valence-electron chi connectivity index (χ0n) is 7.18. The average molecular weight is 193 g/mol. The van der Waals surface area contributed by atoms with Crippen molar-refractivity contribution in [1.82, 2.24) is 4.90 Å². The van der Waals surface area contributed by atoms with Gasteiger partial charge in [-0.1, -0.05) is 18.2 Å². The van der Waals surface area contributed by atoms with Gasteiger partial charge < -0.3 is 4.90 Å². The molecule has 0 N–H and O–H groups in total. The predicted molar refractivity (Wildman–Crippen MR) is 55.1 cm³/mol. The molecule has 13 heavy (non-hydrogen) atoms. The van der Waals surface area contributed by atoms with Gasteiger partial charge in [-0.15, -0.1) is 0 Å². The highest BCUT2D eigenvalue weighted by Gasteiger charge is 2.28. The summed E-state index contributed by atoms with van der Waals surface area (Å²) in [5, 5.41) is 0.368. The first-order chi connectivity index (χ1) is 6.27. The first-order valence-electron chi connectivity index (χ1n) is 4.30. The Bertz CT molecular complexity index is 306. The highest BCUT2D eigenvalue weighted by molar-refractivity contribution is 7.81. The van der Waals surface area contributed by atoms with Crippen LogP contribution in [-0.4, -0.2) is 29.1 Å². The Morgan fingerprint density at radius 1 is 1.31 bits per heavy atom. The lowest BCUT2D eigenvalue weighted by Gasteiger charge is -2.36.